The van der Waals surface area contributed by atoms with Crippen LogP contribution >= 0.6 is 22.9 Å². The van der Waals surface area contributed by atoms with E-state index >= 15 is 0 Å². The van der Waals surface area contributed by atoms with Crippen molar-refractivity contribution in [3.05, 3.63) is 53.3 Å². The molecule has 1 aliphatic heterocycles. The van der Waals surface area contributed by atoms with Crippen molar-refractivity contribution in [3.63, 3.8) is 0 Å². The Morgan fingerprint density at radius 2 is 1.81 bits per heavy atom. The third-order valence-electron chi connectivity index (χ3n) is 4.87. The van der Waals surface area contributed by atoms with E-state index in [4.69, 9.17) is 11.6 Å². The number of halogens is 1. The minimum atomic E-state index is 0.667. The van der Waals surface area contributed by atoms with Crippen molar-refractivity contribution in [2.75, 3.05) is 42.9 Å². The molecule has 0 bridgehead atoms. The summed E-state index contributed by atoms with van der Waals surface area (Å²) in [5.41, 5.74) is 2.05. The molecule has 0 aliphatic carbocycles. The van der Waals surface area contributed by atoms with Crippen molar-refractivity contribution in [1.29, 1.82) is 0 Å². The topological polar surface area (TPSA) is 49.2 Å². The summed E-state index contributed by atoms with van der Waals surface area (Å²) in [5.74, 6) is 0. The van der Waals surface area contributed by atoms with E-state index in [1.54, 1.807) is 11.3 Å². The second-order valence-corrected chi connectivity index (χ2v) is 7.83. The van der Waals surface area contributed by atoms with E-state index in [0.29, 0.717) is 6.54 Å². The number of rotatable bonds is 6. The summed E-state index contributed by atoms with van der Waals surface area (Å²) in [7, 11) is 0. The molecule has 2 aromatic heterocycles. The van der Waals surface area contributed by atoms with Crippen LogP contribution in [0.3, 0.4) is 0 Å². The predicted molar refractivity (Wildman–Crippen MR) is 112 cm³/mol. The van der Waals surface area contributed by atoms with Crippen LogP contribution < -0.4 is 10.2 Å². The second kappa shape index (κ2) is 8.29. The largest absolute Gasteiger partial charge is 0.378 e. The first kappa shape index (κ1) is 18.3. The summed E-state index contributed by atoms with van der Waals surface area (Å²) >= 11 is 7.87. The van der Waals surface area contributed by atoms with Gasteiger partial charge in [-0.2, -0.15) is 0 Å². The lowest BCUT2D eigenvalue weighted by Crippen LogP contribution is -2.46. The van der Waals surface area contributed by atoms with Crippen LogP contribution in [0.25, 0.3) is 5.13 Å². The molecule has 3 aromatic rings. The Balaban J connectivity index is 1.45. The predicted octanol–water partition coefficient (Wildman–Crippen LogP) is 3.74. The van der Waals surface area contributed by atoms with Gasteiger partial charge in [-0.1, -0.05) is 42.0 Å². The molecule has 1 fully saturated rings. The smallest absolute Gasteiger partial charge is 0.218 e. The molecule has 1 saturated heterocycles. The van der Waals surface area contributed by atoms with E-state index < -0.39 is 0 Å². The van der Waals surface area contributed by atoms with Gasteiger partial charge in [0.25, 0.3) is 0 Å². The Kier molecular flexibility index (Phi) is 5.61. The van der Waals surface area contributed by atoms with Gasteiger partial charge in [-0.25, -0.2) is 0 Å². The van der Waals surface area contributed by atoms with Crippen molar-refractivity contribution in [2.45, 2.75) is 13.5 Å². The lowest BCUT2D eigenvalue weighted by Gasteiger charge is -2.33. The molecule has 0 amide bonds. The second-order valence-electron chi connectivity index (χ2n) is 6.49. The molecule has 0 atom stereocenters. The van der Waals surface area contributed by atoms with E-state index in [2.05, 4.69) is 42.9 Å². The molecular weight excluding hydrogens is 380 g/mol. The third-order valence-corrected chi connectivity index (χ3v) is 6.18. The van der Waals surface area contributed by atoms with Gasteiger partial charge in [0.15, 0.2) is 0 Å². The minimum Gasteiger partial charge on any atom is -0.378 e. The maximum Gasteiger partial charge on any atom is 0.218 e. The van der Waals surface area contributed by atoms with Gasteiger partial charge in [0.1, 0.15) is 0 Å². The Hall–Kier alpha value is -2.09. The Bertz CT molecular complexity index is 884. The molecule has 142 valence electrons. The van der Waals surface area contributed by atoms with Gasteiger partial charge in [-0.15, -0.1) is 10.2 Å². The first-order valence-corrected chi connectivity index (χ1v) is 10.4. The summed E-state index contributed by atoms with van der Waals surface area (Å²) in [6.07, 6.45) is 2.03. The van der Waals surface area contributed by atoms with Gasteiger partial charge in [-0.05, 0) is 30.8 Å². The fourth-order valence-corrected chi connectivity index (χ4v) is 4.34. The highest BCUT2D eigenvalue weighted by molar-refractivity contribution is 7.17. The summed E-state index contributed by atoms with van der Waals surface area (Å²) in [5, 5.41) is 14.9. The number of anilines is 2. The van der Waals surface area contributed by atoms with Crippen LogP contribution in [-0.2, 0) is 6.54 Å². The molecule has 0 unspecified atom stereocenters. The molecule has 6 nitrogen and oxygen atoms in total. The summed E-state index contributed by atoms with van der Waals surface area (Å²) in [4.78, 5) is 4.79. The highest BCUT2D eigenvalue weighted by Gasteiger charge is 2.20. The van der Waals surface area contributed by atoms with Crippen LogP contribution in [0.5, 0.6) is 0 Å². The molecule has 1 aromatic carbocycles. The zero-order chi connectivity index (χ0) is 18.6. The molecule has 8 heteroatoms. The number of nitrogens with zero attached hydrogens (tertiary/aromatic N) is 5. The zero-order valence-corrected chi connectivity index (χ0v) is 16.9. The SMILES string of the molecule is CCN1CCN(c2nnc(-n3cccc3CNc3ccccc3Cl)s2)CC1. The number of likely N-dealkylation sites (N-methyl/N-ethyl adjacent to an activating group) is 1. The number of hydrogen-bond donors (Lipinski definition) is 1. The normalized spacial score (nSPS) is 15.3. The summed E-state index contributed by atoms with van der Waals surface area (Å²) in [6.45, 7) is 8.18. The highest BCUT2D eigenvalue weighted by Crippen LogP contribution is 2.26. The summed E-state index contributed by atoms with van der Waals surface area (Å²) in [6, 6.07) is 11.9. The average Bonchev–Trinajstić information content (AvgIpc) is 3.36. The Morgan fingerprint density at radius 1 is 1.04 bits per heavy atom. The fourth-order valence-electron chi connectivity index (χ4n) is 3.23. The van der Waals surface area contributed by atoms with E-state index in [1.165, 1.54) is 0 Å². The maximum absolute atomic E-state index is 6.23. The van der Waals surface area contributed by atoms with Crippen LogP contribution in [0.4, 0.5) is 10.8 Å². The van der Waals surface area contributed by atoms with Gasteiger partial charge < -0.3 is 15.1 Å². The molecule has 1 N–H and O–H groups in total. The van der Waals surface area contributed by atoms with E-state index in [9.17, 15) is 0 Å². The highest BCUT2D eigenvalue weighted by atomic mass is 35.5. The van der Waals surface area contributed by atoms with Gasteiger partial charge >= 0.3 is 0 Å². The fraction of sp³-hybridized carbons (Fsp3) is 0.368. The number of benzene rings is 1. The lowest BCUT2D eigenvalue weighted by atomic mass is 10.3. The Labute approximate surface area is 168 Å². The van der Waals surface area contributed by atoms with Crippen molar-refractivity contribution in [1.82, 2.24) is 19.7 Å². The number of nitrogens with one attached hydrogen (secondary N) is 1. The molecule has 4 rings (SSSR count). The van der Waals surface area contributed by atoms with Crippen molar-refractivity contribution in [2.24, 2.45) is 0 Å². The van der Waals surface area contributed by atoms with E-state index in [0.717, 1.165) is 59.4 Å². The first-order valence-electron chi connectivity index (χ1n) is 9.20. The first-order chi connectivity index (χ1) is 13.2. The third kappa shape index (κ3) is 4.10. The number of para-hydroxylation sites is 1. The van der Waals surface area contributed by atoms with Gasteiger partial charge in [0, 0.05) is 38.1 Å². The molecule has 1 aliphatic rings. The molecular formula is C19H23ClN6S. The standard InChI is InChI=1S/C19H23ClN6S/c1-2-24-10-12-25(13-11-24)18-22-23-19(27-18)26-9-5-6-15(26)14-21-17-8-4-3-7-16(17)20/h3-9,21H,2,10-14H2,1H3. The van der Waals surface area contributed by atoms with Crippen LogP contribution in [0.1, 0.15) is 12.6 Å². The van der Waals surface area contributed by atoms with E-state index in [-0.39, 0.29) is 0 Å². The van der Waals surface area contributed by atoms with Gasteiger partial charge in [0.2, 0.25) is 10.3 Å². The lowest BCUT2D eigenvalue weighted by molar-refractivity contribution is 0.271. The number of hydrogen-bond acceptors (Lipinski definition) is 6. The van der Waals surface area contributed by atoms with Crippen LogP contribution in [0.2, 0.25) is 5.02 Å². The monoisotopic (exact) mass is 402 g/mol. The number of aromatic nitrogens is 3. The quantitative estimate of drug-likeness (QED) is 0.680. The van der Waals surface area contributed by atoms with Crippen LogP contribution in [-0.4, -0.2) is 52.4 Å². The van der Waals surface area contributed by atoms with Crippen molar-refractivity contribution >= 4 is 33.8 Å². The number of piperazine rings is 1. The average molecular weight is 403 g/mol. The summed E-state index contributed by atoms with van der Waals surface area (Å²) < 4.78 is 2.09. The zero-order valence-electron chi connectivity index (χ0n) is 15.3. The minimum absolute atomic E-state index is 0.667. The molecule has 0 saturated carbocycles. The van der Waals surface area contributed by atoms with Gasteiger partial charge in [0.05, 0.1) is 17.3 Å². The maximum atomic E-state index is 6.23. The van der Waals surface area contributed by atoms with Crippen LogP contribution in [0.15, 0.2) is 42.6 Å². The molecule has 0 spiro atoms. The Morgan fingerprint density at radius 3 is 2.59 bits per heavy atom. The molecule has 0 radical (unpaired) electrons. The van der Waals surface area contributed by atoms with E-state index in [1.807, 2.05) is 36.5 Å². The molecule has 27 heavy (non-hydrogen) atoms. The molecule has 3 heterocycles. The van der Waals surface area contributed by atoms with Crippen LogP contribution in [0, 0.1) is 0 Å². The van der Waals surface area contributed by atoms with Gasteiger partial charge in [-0.3, -0.25) is 4.57 Å². The van der Waals surface area contributed by atoms with Crippen molar-refractivity contribution in [3.8, 4) is 5.13 Å². The van der Waals surface area contributed by atoms with Crippen molar-refractivity contribution < 1.29 is 0 Å².